The summed E-state index contributed by atoms with van der Waals surface area (Å²) in [5, 5.41) is 3.26. The van der Waals surface area contributed by atoms with Gasteiger partial charge in [0.05, 0.1) is 5.69 Å². The molecule has 1 heterocycles. The van der Waals surface area contributed by atoms with Gasteiger partial charge in [0.25, 0.3) is 0 Å². The summed E-state index contributed by atoms with van der Waals surface area (Å²) < 4.78 is 0. The maximum Gasteiger partial charge on any atom is 0.103 e. The van der Waals surface area contributed by atoms with Gasteiger partial charge in [-0.15, -0.1) is 11.3 Å². The molecule has 2 nitrogen and oxygen atoms in total. The lowest BCUT2D eigenvalue weighted by atomic mass is 10.3. The molecule has 1 atom stereocenters. The summed E-state index contributed by atoms with van der Waals surface area (Å²) in [7, 11) is 0. The van der Waals surface area contributed by atoms with Crippen molar-refractivity contribution in [2.45, 2.75) is 32.1 Å². The fraction of sp³-hybridized carbons (Fsp3) is 0.667. The summed E-state index contributed by atoms with van der Waals surface area (Å²) in [6.07, 6.45) is 1.23. The molecule has 0 aliphatic heterocycles. The summed E-state index contributed by atoms with van der Waals surface area (Å²) in [4.78, 5) is 4.45. The van der Waals surface area contributed by atoms with Crippen molar-refractivity contribution in [3.8, 4) is 0 Å². The Labute approximate surface area is 87.9 Å². The minimum Gasteiger partial charge on any atom is -0.323 e. The molecular weight excluding hydrogens is 200 g/mol. The van der Waals surface area contributed by atoms with Crippen LogP contribution in [0.15, 0.2) is 5.38 Å². The fourth-order valence-electron chi connectivity index (χ4n) is 0.904. The Balaban J connectivity index is 2.40. The molecule has 1 aromatic rings. The highest BCUT2D eigenvalue weighted by Gasteiger charge is 2.04. The van der Waals surface area contributed by atoms with Gasteiger partial charge in [-0.1, -0.05) is 6.92 Å². The van der Waals surface area contributed by atoms with E-state index in [-0.39, 0.29) is 6.04 Å². The molecule has 0 bridgehead atoms. The molecule has 0 aliphatic carbocycles. The van der Waals surface area contributed by atoms with Crippen LogP contribution in [0.2, 0.25) is 0 Å². The molecule has 0 saturated heterocycles. The van der Waals surface area contributed by atoms with Crippen LogP contribution < -0.4 is 5.73 Å². The van der Waals surface area contributed by atoms with E-state index >= 15 is 0 Å². The third-order valence-corrected chi connectivity index (χ3v) is 3.83. The molecule has 2 N–H and O–H groups in total. The van der Waals surface area contributed by atoms with Crippen LogP contribution in [-0.2, 0) is 5.75 Å². The highest BCUT2D eigenvalue weighted by atomic mass is 32.2. The highest BCUT2D eigenvalue weighted by molar-refractivity contribution is 7.98. The van der Waals surface area contributed by atoms with E-state index in [2.05, 4.69) is 17.3 Å². The molecule has 74 valence electrons. The Kier molecular flexibility index (Phi) is 4.77. The van der Waals surface area contributed by atoms with E-state index < -0.39 is 0 Å². The van der Waals surface area contributed by atoms with Gasteiger partial charge in [-0.25, -0.2) is 4.98 Å². The van der Waals surface area contributed by atoms with Gasteiger partial charge in [0.15, 0.2) is 0 Å². The van der Waals surface area contributed by atoms with Gasteiger partial charge in [-0.05, 0) is 19.1 Å². The molecule has 0 amide bonds. The first-order valence-electron chi connectivity index (χ1n) is 4.51. The molecule has 0 aromatic carbocycles. The van der Waals surface area contributed by atoms with Crippen LogP contribution in [0.1, 0.15) is 37.0 Å². The van der Waals surface area contributed by atoms with Crippen molar-refractivity contribution in [2.24, 2.45) is 5.73 Å². The summed E-state index contributed by atoms with van der Waals surface area (Å²) in [5.74, 6) is 2.25. The van der Waals surface area contributed by atoms with Gasteiger partial charge in [0, 0.05) is 17.2 Å². The van der Waals surface area contributed by atoms with Gasteiger partial charge in [-0.2, -0.15) is 11.8 Å². The Morgan fingerprint density at radius 3 is 3.00 bits per heavy atom. The number of aromatic nitrogens is 1. The SMILES string of the molecule is CCCSCc1nc(C(C)N)cs1. The largest absolute Gasteiger partial charge is 0.323 e. The third kappa shape index (κ3) is 3.67. The Morgan fingerprint density at radius 2 is 2.46 bits per heavy atom. The maximum atomic E-state index is 5.72. The molecule has 0 fully saturated rings. The minimum absolute atomic E-state index is 0.0705. The molecule has 1 aromatic heterocycles. The normalized spacial score (nSPS) is 13.2. The average molecular weight is 216 g/mol. The minimum atomic E-state index is 0.0705. The fourth-order valence-corrected chi connectivity index (χ4v) is 2.78. The van der Waals surface area contributed by atoms with Gasteiger partial charge in [0.2, 0.25) is 0 Å². The zero-order valence-electron chi connectivity index (χ0n) is 8.12. The molecule has 1 rings (SSSR count). The van der Waals surface area contributed by atoms with E-state index in [1.165, 1.54) is 17.2 Å². The molecule has 4 heteroatoms. The zero-order valence-corrected chi connectivity index (χ0v) is 9.75. The molecule has 0 saturated carbocycles. The van der Waals surface area contributed by atoms with Crippen molar-refractivity contribution in [1.29, 1.82) is 0 Å². The molecule has 13 heavy (non-hydrogen) atoms. The van der Waals surface area contributed by atoms with E-state index in [4.69, 9.17) is 5.73 Å². The van der Waals surface area contributed by atoms with Crippen molar-refractivity contribution in [3.63, 3.8) is 0 Å². The van der Waals surface area contributed by atoms with Crippen LogP contribution >= 0.6 is 23.1 Å². The predicted octanol–water partition coefficient (Wildman–Crippen LogP) is 2.81. The lowest BCUT2D eigenvalue weighted by molar-refractivity contribution is 0.785. The smallest absolute Gasteiger partial charge is 0.103 e. The molecular formula is C9H16N2S2. The van der Waals surface area contributed by atoms with E-state index in [1.54, 1.807) is 11.3 Å². The number of thioether (sulfide) groups is 1. The monoisotopic (exact) mass is 216 g/mol. The molecule has 0 spiro atoms. The summed E-state index contributed by atoms with van der Waals surface area (Å²) in [6, 6.07) is 0.0705. The van der Waals surface area contributed by atoms with Crippen molar-refractivity contribution in [2.75, 3.05) is 5.75 Å². The summed E-state index contributed by atoms with van der Waals surface area (Å²) in [5.41, 5.74) is 6.74. The average Bonchev–Trinajstić information content (AvgIpc) is 2.53. The number of nitrogens with zero attached hydrogens (tertiary/aromatic N) is 1. The van der Waals surface area contributed by atoms with Crippen LogP contribution in [-0.4, -0.2) is 10.7 Å². The summed E-state index contributed by atoms with van der Waals surface area (Å²) in [6.45, 7) is 4.17. The summed E-state index contributed by atoms with van der Waals surface area (Å²) >= 11 is 3.65. The second-order valence-corrected chi connectivity index (χ2v) is 5.06. The van der Waals surface area contributed by atoms with Crippen LogP contribution in [0, 0.1) is 0 Å². The van der Waals surface area contributed by atoms with Gasteiger partial charge in [0.1, 0.15) is 5.01 Å². The lowest BCUT2D eigenvalue weighted by Gasteiger charge is -1.98. The van der Waals surface area contributed by atoms with Crippen molar-refractivity contribution >= 4 is 23.1 Å². The number of rotatable bonds is 5. The first-order chi connectivity index (χ1) is 6.24. The number of hydrogen-bond acceptors (Lipinski definition) is 4. The van der Waals surface area contributed by atoms with Gasteiger partial charge in [-0.3, -0.25) is 0 Å². The first kappa shape index (κ1) is 11.0. The predicted molar refractivity (Wildman–Crippen MR) is 61.2 cm³/mol. The number of thiazole rings is 1. The number of hydrogen-bond donors (Lipinski definition) is 1. The highest BCUT2D eigenvalue weighted by Crippen LogP contribution is 2.19. The Morgan fingerprint density at radius 1 is 1.69 bits per heavy atom. The van der Waals surface area contributed by atoms with Gasteiger partial charge >= 0.3 is 0 Å². The van der Waals surface area contributed by atoms with E-state index in [0.29, 0.717) is 0 Å². The van der Waals surface area contributed by atoms with Gasteiger partial charge < -0.3 is 5.73 Å². The van der Waals surface area contributed by atoms with Crippen LogP contribution in [0.25, 0.3) is 0 Å². The van der Waals surface area contributed by atoms with E-state index in [0.717, 1.165) is 11.4 Å². The molecule has 1 unspecified atom stereocenters. The zero-order chi connectivity index (χ0) is 9.68. The molecule has 0 radical (unpaired) electrons. The maximum absolute atomic E-state index is 5.72. The quantitative estimate of drug-likeness (QED) is 0.769. The van der Waals surface area contributed by atoms with E-state index in [1.807, 2.05) is 18.7 Å². The third-order valence-electron chi connectivity index (χ3n) is 1.61. The van der Waals surface area contributed by atoms with Crippen molar-refractivity contribution in [3.05, 3.63) is 16.1 Å². The Hall–Kier alpha value is -0.0600. The van der Waals surface area contributed by atoms with Crippen LogP contribution in [0.5, 0.6) is 0 Å². The Bertz CT molecular complexity index is 246. The molecule has 0 aliphatic rings. The standard InChI is InChI=1S/C9H16N2S2/c1-3-4-12-6-9-11-8(5-13-9)7(2)10/h5,7H,3-4,6,10H2,1-2H3. The second kappa shape index (κ2) is 5.62. The number of nitrogens with two attached hydrogens (primary N) is 1. The van der Waals surface area contributed by atoms with Crippen molar-refractivity contribution in [1.82, 2.24) is 4.98 Å². The topological polar surface area (TPSA) is 38.9 Å². The second-order valence-electron chi connectivity index (χ2n) is 3.01. The first-order valence-corrected chi connectivity index (χ1v) is 6.55. The van der Waals surface area contributed by atoms with Crippen LogP contribution in [0.3, 0.4) is 0 Å². The van der Waals surface area contributed by atoms with Crippen LogP contribution in [0.4, 0.5) is 0 Å². The lowest BCUT2D eigenvalue weighted by Crippen LogP contribution is -2.05. The van der Waals surface area contributed by atoms with E-state index in [9.17, 15) is 0 Å². The van der Waals surface area contributed by atoms with Crippen molar-refractivity contribution < 1.29 is 0 Å².